The number of halogens is 3. The Morgan fingerprint density at radius 3 is 2.44 bits per heavy atom. The Kier molecular flexibility index (Phi) is 15.4. The fourth-order valence-corrected chi connectivity index (χ4v) is 4.58. The van der Waals surface area contributed by atoms with Gasteiger partial charge >= 0.3 is 5.97 Å². The number of benzene rings is 2. The van der Waals surface area contributed by atoms with Gasteiger partial charge in [0.25, 0.3) is 0 Å². The van der Waals surface area contributed by atoms with Crippen molar-refractivity contribution in [3.05, 3.63) is 64.7 Å². The second-order valence-corrected chi connectivity index (χ2v) is 9.47. The summed E-state index contributed by atoms with van der Waals surface area (Å²) in [5.41, 5.74) is 2.02. The predicted octanol–water partition coefficient (Wildman–Crippen LogP) is 5.19. The molecular formula is C27H39Cl3N2O4. The lowest BCUT2D eigenvalue weighted by Gasteiger charge is -2.34. The molecule has 0 amide bonds. The van der Waals surface area contributed by atoms with Gasteiger partial charge < -0.3 is 19.5 Å². The number of methoxy groups -OCH3 is 1. The first-order valence-electron chi connectivity index (χ1n) is 12.1. The van der Waals surface area contributed by atoms with Crippen LogP contribution in [0, 0.1) is 0 Å². The SMILES string of the molecule is COC(=O)COc1ccc(CC(C)N(CCN2CCCCC2)CC(O)c2cccc(Cl)c2)cc1.Cl.Cl. The Hall–Kier alpha value is -1.54. The average molecular weight is 562 g/mol. The maximum Gasteiger partial charge on any atom is 0.343 e. The fraction of sp³-hybridized carbons (Fsp3) is 0.519. The monoisotopic (exact) mass is 560 g/mol. The van der Waals surface area contributed by atoms with Crippen LogP contribution in [0.5, 0.6) is 5.75 Å². The van der Waals surface area contributed by atoms with Crippen LogP contribution in [0.15, 0.2) is 48.5 Å². The molecule has 2 aromatic carbocycles. The first kappa shape index (κ1) is 32.5. The Morgan fingerprint density at radius 1 is 1.11 bits per heavy atom. The molecule has 6 nitrogen and oxygen atoms in total. The van der Waals surface area contributed by atoms with Crippen molar-refractivity contribution in [2.24, 2.45) is 0 Å². The van der Waals surface area contributed by atoms with Crippen molar-refractivity contribution in [1.29, 1.82) is 0 Å². The van der Waals surface area contributed by atoms with Crippen LogP contribution in [0.25, 0.3) is 0 Å². The minimum atomic E-state index is -0.600. The molecule has 202 valence electrons. The molecule has 0 spiro atoms. The first-order valence-corrected chi connectivity index (χ1v) is 12.5. The van der Waals surface area contributed by atoms with Crippen molar-refractivity contribution in [3.63, 3.8) is 0 Å². The number of piperidine rings is 1. The number of likely N-dealkylation sites (tertiary alicyclic amines) is 1. The van der Waals surface area contributed by atoms with Gasteiger partial charge in [-0.1, -0.05) is 42.3 Å². The Labute approximate surface area is 232 Å². The molecule has 0 aromatic heterocycles. The number of hydrogen-bond acceptors (Lipinski definition) is 6. The summed E-state index contributed by atoms with van der Waals surface area (Å²) in [6.07, 6.45) is 4.11. The Balaban J connectivity index is 0.00000324. The van der Waals surface area contributed by atoms with E-state index in [0.29, 0.717) is 17.3 Å². The fourth-order valence-electron chi connectivity index (χ4n) is 4.38. The normalized spacial score (nSPS) is 15.4. The third-order valence-electron chi connectivity index (χ3n) is 6.46. The van der Waals surface area contributed by atoms with Crippen molar-refractivity contribution in [3.8, 4) is 5.75 Å². The van der Waals surface area contributed by atoms with Crippen LogP contribution in [-0.2, 0) is 16.0 Å². The van der Waals surface area contributed by atoms with Crippen LogP contribution in [0.2, 0.25) is 5.02 Å². The third-order valence-corrected chi connectivity index (χ3v) is 6.69. The minimum absolute atomic E-state index is 0. The number of rotatable bonds is 12. The van der Waals surface area contributed by atoms with E-state index < -0.39 is 12.1 Å². The Morgan fingerprint density at radius 2 is 1.81 bits per heavy atom. The number of aliphatic hydroxyl groups is 1. The summed E-state index contributed by atoms with van der Waals surface area (Å²) in [6.45, 7) is 6.89. The molecule has 1 fully saturated rings. The summed E-state index contributed by atoms with van der Waals surface area (Å²) in [6, 6.07) is 15.5. The van der Waals surface area contributed by atoms with Crippen molar-refractivity contribution >= 4 is 42.4 Å². The molecule has 1 heterocycles. The summed E-state index contributed by atoms with van der Waals surface area (Å²) in [5, 5.41) is 11.6. The molecule has 1 aliphatic rings. The van der Waals surface area contributed by atoms with Crippen LogP contribution in [0.3, 0.4) is 0 Å². The number of carbonyl (C=O) groups excluding carboxylic acids is 1. The largest absolute Gasteiger partial charge is 0.482 e. The number of carbonyl (C=O) groups is 1. The number of aliphatic hydroxyl groups excluding tert-OH is 1. The number of hydrogen-bond donors (Lipinski definition) is 1. The smallest absolute Gasteiger partial charge is 0.343 e. The first-order chi connectivity index (χ1) is 16.4. The lowest BCUT2D eigenvalue weighted by atomic mass is 10.0. The van der Waals surface area contributed by atoms with E-state index in [2.05, 4.69) is 21.5 Å². The molecule has 0 aliphatic carbocycles. The van der Waals surface area contributed by atoms with Gasteiger partial charge in [0.1, 0.15) is 5.75 Å². The highest BCUT2D eigenvalue weighted by atomic mass is 35.5. The summed E-state index contributed by atoms with van der Waals surface area (Å²) in [5.74, 6) is 0.237. The van der Waals surface area contributed by atoms with Crippen molar-refractivity contribution < 1.29 is 19.4 Å². The van der Waals surface area contributed by atoms with Crippen LogP contribution < -0.4 is 4.74 Å². The highest BCUT2D eigenvalue weighted by molar-refractivity contribution is 6.30. The predicted molar refractivity (Wildman–Crippen MR) is 150 cm³/mol. The molecule has 1 N–H and O–H groups in total. The summed E-state index contributed by atoms with van der Waals surface area (Å²) in [7, 11) is 1.34. The molecule has 1 saturated heterocycles. The summed E-state index contributed by atoms with van der Waals surface area (Å²) >= 11 is 6.15. The molecule has 1 aliphatic heterocycles. The molecule has 0 bridgehead atoms. The highest BCUT2D eigenvalue weighted by Gasteiger charge is 2.21. The van der Waals surface area contributed by atoms with Gasteiger partial charge in [-0.05, 0) is 74.7 Å². The van der Waals surface area contributed by atoms with E-state index in [1.165, 1.54) is 31.9 Å². The molecule has 9 heteroatoms. The lowest BCUT2D eigenvalue weighted by molar-refractivity contribution is -0.142. The van der Waals surface area contributed by atoms with E-state index in [0.717, 1.165) is 38.2 Å². The second kappa shape index (κ2) is 17.1. The number of nitrogens with zero attached hydrogens (tertiary/aromatic N) is 2. The topological polar surface area (TPSA) is 62.2 Å². The van der Waals surface area contributed by atoms with E-state index in [1.54, 1.807) is 0 Å². The van der Waals surface area contributed by atoms with Crippen LogP contribution in [0.4, 0.5) is 0 Å². The Bertz CT molecular complexity index is 895. The number of ether oxygens (including phenoxy) is 2. The van der Waals surface area contributed by atoms with E-state index in [9.17, 15) is 9.90 Å². The van der Waals surface area contributed by atoms with Crippen molar-refractivity contribution in [2.45, 2.75) is 44.8 Å². The zero-order chi connectivity index (χ0) is 24.3. The van der Waals surface area contributed by atoms with Gasteiger partial charge in [0.05, 0.1) is 13.2 Å². The van der Waals surface area contributed by atoms with Gasteiger partial charge in [-0.15, -0.1) is 24.8 Å². The molecule has 2 aromatic rings. The van der Waals surface area contributed by atoms with E-state index in [-0.39, 0.29) is 37.5 Å². The van der Waals surface area contributed by atoms with E-state index in [4.69, 9.17) is 16.3 Å². The van der Waals surface area contributed by atoms with Gasteiger partial charge in [0.2, 0.25) is 0 Å². The highest BCUT2D eigenvalue weighted by Crippen LogP contribution is 2.21. The quantitative estimate of drug-likeness (QED) is 0.360. The van der Waals surface area contributed by atoms with E-state index in [1.807, 2.05) is 48.5 Å². The molecule has 36 heavy (non-hydrogen) atoms. The third kappa shape index (κ3) is 10.8. The van der Waals surface area contributed by atoms with Crippen LogP contribution in [-0.4, -0.2) is 73.4 Å². The van der Waals surface area contributed by atoms with Crippen molar-refractivity contribution in [1.82, 2.24) is 9.80 Å². The van der Waals surface area contributed by atoms with Crippen LogP contribution >= 0.6 is 36.4 Å². The average Bonchev–Trinajstić information content (AvgIpc) is 2.86. The maximum absolute atomic E-state index is 11.3. The van der Waals surface area contributed by atoms with Gasteiger partial charge in [-0.3, -0.25) is 4.90 Å². The molecule has 0 saturated carbocycles. The van der Waals surface area contributed by atoms with Gasteiger partial charge in [0.15, 0.2) is 6.61 Å². The second-order valence-electron chi connectivity index (χ2n) is 9.03. The van der Waals surface area contributed by atoms with Gasteiger partial charge in [-0.25, -0.2) is 4.79 Å². The van der Waals surface area contributed by atoms with Gasteiger partial charge in [-0.2, -0.15) is 0 Å². The molecule has 3 rings (SSSR count). The molecule has 2 atom stereocenters. The summed E-state index contributed by atoms with van der Waals surface area (Å²) < 4.78 is 10.1. The zero-order valence-corrected chi connectivity index (χ0v) is 23.5. The molecule has 0 radical (unpaired) electrons. The molecular weight excluding hydrogens is 523 g/mol. The van der Waals surface area contributed by atoms with Crippen LogP contribution in [0.1, 0.15) is 43.4 Å². The lowest BCUT2D eigenvalue weighted by Crippen LogP contribution is -2.44. The zero-order valence-electron chi connectivity index (χ0n) is 21.1. The minimum Gasteiger partial charge on any atom is -0.482 e. The van der Waals surface area contributed by atoms with Crippen molar-refractivity contribution in [2.75, 3.05) is 46.4 Å². The number of esters is 1. The molecule has 2 unspecified atom stereocenters. The van der Waals surface area contributed by atoms with E-state index >= 15 is 0 Å². The standard InChI is InChI=1S/C27H37ClN2O4.2ClH/c1-21(17-22-9-11-25(12-10-22)34-20-27(32)33-2)30(16-15-29-13-4-3-5-14-29)19-26(31)23-7-6-8-24(28)18-23;;/h6-12,18,21,26,31H,3-5,13-17,19-20H2,1-2H3;2*1H. The van der Waals surface area contributed by atoms with Gasteiger partial charge in [0, 0.05) is 30.7 Å². The maximum atomic E-state index is 11.3. The summed E-state index contributed by atoms with van der Waals surface area (Å²) in [4.78, 5) is 16.2.